The smallest absolute Gasteiger partial charge is 0.267 e. The zero-order valence-corrected chi connectivity index (χ0v) is 15.3. The van der Waals surface area contributed by atoms with E-state index in [4.69, 9.17) is 9.47 Å². The number of para-hydroxylation sites is 1. The zero-order chi connectivity index (χ0) is 19.3. The van der Waals surface area contributed by atoms with E-state index in [0.29, 0.717) is 30.9 Å². The zero-order valence-electron chi connectivity index (χ0n) is 14.4. The molecule has 144 valence electrons. The molecule has 0 bridgehead atoms. The second-order valence-corrected chi connectivity index (χ2v) is 7.71. The maximum atomic E-state index is 12.4. The van der Waals surface area contributed by atoms with Crippen molar-refractivity contribution in [3.63, 3.8) is 0 Å². The van der Waals surface area contributed by atoms with Gasteiger partial charge < -0.3 is 9.47 Å². The highest BCUT2D eigenvalue weighted by Gasteiger charge is 2.29. The van der Waals surface area contributed by atoms with Gasteiger partial charge in [0.2, 0.25) is 0 Å². The minimum absolute atomic E-state index is 0.0169. The van der Waals surface area contributed by atoms with Crippen molar-refractivity contribution in [3.8, 4) is 11.5 Å². The number of nitrogens with zero attached hydrogens (tertiary/aromatic N) is 1. The Morgan fingerprint density at radius 2 is 1.78 bits per heavy atom. The van der Waals surface area contributed by atoms with Crippen LogP contribution in [0.5, 0.6) is 11.5 Å². The molecule has 1 saturated heterocycles. The number of ether oxygens (including phenoxy) is 2. The number of hydroxylamine groups is 1. The van der Waals surface area contributed by atoms with E-state index in [-0.39, 0.29) is 16.7 Å². The van der Waals surface area contributed by atoms with E-state index in [2.05, 4.69) is 0 Å². The summed E-state index contributed by atoms with van der Waals surface area (Å²) in [7, 11) is -4.12. The molecule has 27 heavy (non-hydrogen) atoms. The van der Waals surface area contributed by atoms with Crippen LogP contribution in [0.3, 0.4) is 0 Å². The lowest BCUT2D eigenvalue weighted by Gasteiger charge is -2.24. The van der Waals surface area contributed by atoms with Crippen LogP contribution in [-0.2, 0) is 19.6 Å². The summed E-state index contributed by atoms with van der Waals surface area (Å²) in [6, 6.07) is 14.7. The summed E-state index contributed by atoms with van der Waals surface area (Å²) >= 11 is 0. The number of benzene rings is 2. The number of amides is 1. The van der Waals surface area contributed by atoms with E-state index in [1.54, 1.807) is 12.1 Å². The Labute approximate surface area is 157 Å². The van der Waals surface area contributed by atoms with Gasteiger partial charge in [-0.05, 0) is 49.2 Å². The second-order valence-electron chi connectivity index (χ2n) is 6.05. The Morgan fingerprint density at radius 1 is 1.11 bits per heavy atom. The van der Waals surface area contributed by atoms with Crippen molar-refractivity contribution in [2.75, 3.05) is 13.2 Å². The molecular formula is C18H20N2O6S. The van der Waals surface area contributed by atoms with Gasteiger partial charge >= 0.3 is 0 Å². The van der Waals surface area contributed by atoms with E-state index < -0.39 is 21.8 Å². The molecule has 0 saturated carbocycles. The third-order valence-corrected chi connectivity index (χ3v) is 5.34. The van der Waals surface area contributed by atoms with E-state index in [0.717, 1.165) is 0 Å². The predicted octanol–water partition coefficient (Wildman–Crippen LogP) is 2.32. The highest BCUT2D eigenvalue weighted by Crippen LogP contribution is 2.23. The van der Waals surface area contributed by atoms with Crippen molar-refractivity contribution in [1.29, 1.82) is 0 Å². The maximum absolute atomic E-state index is 12.4. The van der Waals surface area contributed by atoms with Gasteiger partial charge in [0.1, 0.15) is 11.5 Å². The summed E-state index contributed by atoms with van der Waals surface area (Å²) < 4.78 is 35.5. The third-order valence-electron chi connectivity index (χ3n) is 4.04. The first-order valence-corrected chi connectivity index (χ1v) is 9.90. The summed E-state index contributed by atoms with van der Waals surface area (Å²) in [6.07, 6.45) is 1.21. The van der Waals surface area contributed by atoms with Crippen LogP contribution in [-0.4, -0.2) is 37.9 Å². The molecule has 1 fully saturated rings. The van der Waals surface area contributed by atoms with E-state index in [1.165, 1.54) is 24.3 Å². The summed E-state index contributed by atoms with van der Waals surface area (Å²) in [4.78, 5) is 13.9. The minimum Gasteiger partial charge on any atom is -0.457 e. The molecule has 9 heteroatoms. The molecule has 1 amide bonds. The quantitative estimate of drug-likeness (QED) is 0.577. The first kappa shape index (κ1) is 19.3. The van der Waals surface area contributed by atoms with Gasteiger partial charge in [-0.15, -0.1) is 5.17 Å². The van der Waals surface area contributed by atoms with Crippen LogP contribution in [0.15, 0.2) is 59.5 Å². The lowest BCUT2D eigenvalue weighted by molar-refractivity contribution is -0.181. The molecule has 3 rings (SSSR count). The summed E-state index contributed by atoms with van der Waals surface area (Å²) in [6.45, 7) is 0.710. The van der Waals surface area contributed by atoms with Crippen LogP contribution in [0.2, 0.25) is 0 Å². The number of nitrogens with one attached hydrogen (secondary N) is 1. The molecule has 1 heterocycles. The minimum atomic E-state index is -4.12. The Morgan fingerprint density at radius 3 is 2.41 bits per heavy atom. The van der Waals surface area contributed by atoms with Crippen LogP contribution in [0.25, 0.3) is 0 Å². The predicted molar refractivity (Wildman–Crippen MR) is 95.5 cm³/mol. The highest BCUT2D eigenvalue weighted by molar-refractivity contribution is 7.89. The number of hydrogen-bond donors (Lipinski definition) is 2. The lowest BCUT2D eigenvalue weighted by atomic mass is 10.0. The molecule has 0 spiro atoms. The van der Waals surface area contributed by atoms with Crippen molar-refractivity contribution in [1.82, 2.24) is 10.0 Å². The fraction of sp³-hybridized carbons (Fsp3) is 0.278. The number of carbonyl (C=O) groups is 1. The monoisotopic (exact) mass is 392 g/mol. The topological polar surface area (TPSA) is 105 Å². The van der Waals surface area contributed by atoms with Gasteiger partial charge in [-0.3, -0.25) is 10.0 Å². The van der Waals surface area contributed by atoms with Crippen LogP contribution in [0.1, 0.15) is 12.8 Å². The van der Waals surface area contributed by atoms with E-state index in [9.17, 15) is 18.4 Å². The Bertz CT molecular complexity index is 864. The summed E-state index contributed by atoms with van der Waals surface area (Å²) in [5.41, 5.74) is 0. The Hall–Kier alpha value is -2.46. The molecule has 8 nitrogen and oxygen atoms in total. The lowest BCUT2D eigenvalue weighted by Crippen LogP contribution is -2.47. The largest absolute Gasteiger partial charge is 0.457 e. The first-order chi connectivity index (χ1) is 13.0. The molecule has 1 aliphatic heterocycles. The third kappa shape index (κ3) is 5.04. The van der Waals surface area contributed by atoms with Gasteiger partial charge in [-0.1, -0.05) is 23.0 Å². The van der Waals surface area contributed by atoms with Crippen LogP contribution >= 0.6 is 0 Å². The highest BCUT2D eigenvalue weighted by atomic mass is 32.2. The number of carbonyl (C=O) groups excluding carboxylic acids is 1. The van der Waals surface area contributed by atoms with Gasteiger partial charge in [-0.25, -0.2) is 8.42 Å². The molecule has 2 aromatic rings. The maximum Gasteiger partial charge on any atom is 0.267 e. The molecule has 1 atom stereocenters. The molecule has 2 N–H and O–H groups in total. The number of hydrazine groups is 1. The summed E-state index contributed by atoms with van der Waals surface area (Å²) in [5, 5.41) is 9.85. The molecule has 1 aliphatic rings. The van der Waals surface area contributed by atoms with Gasteiger partial charge in [0.05, 0.1) is 17.4 Å². The van der Waals surface area contributed by atoms with Gasteiger partial charge in [-0.2, -0.15) is 0 Å². The Kier molecular flexibility index (Phi) is 6.07. The van der Waals surface area contributed by atoms with Gasteiger partial charge in [0, 0.05) is 6.61 Å². The van der Waals surface area contributed by atoms with Gasteiger partial charge in [0.15, 0.2) is 0 Å². The average Bonchev–Trinajstić information content (AvgIpc) is 2.69. The molecular weight excluding hydrogens is 372 g/mol. The van der Waals surface area contributed by atoms with E-state index in [1.807, 2.05) is 23.0 Å². The number of hydrogen-bond acceptors (Lipinski definition) is 6. The first-order valence-electron chi connectivity index (χ1n) is 8.42. The number of rotatable bonds is 6. The summed E-state index contributed by atoms with van der Waals surface area (Å²) in [5.74, 6) is -0.250. The van der Waals surface area contributed by atoms with Crippen LogP contribution < -0.4 is 9.57 Å². The molecule has 0 aromatic heterocycles. The van der Waals surface area contributed by atoms with Crippen LogP contribution in [0.4, 0.5) is 0 Å². The molecule has 0 aliphatic carbocycles. The average molecular weight is 392 g/mol. The van der Waals surface area contributed by atoms with Crippen molar-refractivity contribution in [3.05, 3.63) is 54.6 Å². The number of sulfonamides is 1. The fourth-order valence-electron chi connectivity index (χ4n) is 2.63. The fourth-order valence-corrected chi connectivity index (χ4v) is 3.55. The SMILES string of the molecule is O=C(C1CCCOC1)N(O)NS(=O)(=O)c1ccc(Oc2ccccc2)cc1. The molecule has 0 radical (unpaired) electrons. The van der Waals surface area contributed by atoms with Gasteiger partial charge in [0.25, 0.3) is 15.9 Å². The molecule has 2 aromatic carbocycles. The van der Waals surface area contributed by atoms with Crippen molar-refractivity contribution in [2.24, 2.45) is 5.92 Å². The normalized spacial score (nSPS) is 17.3. The van der Waals surface area contributed by atoms with E-state index >= 15 is 0 Å². The van der Waals surface area contributed by atoms with Crippen LogP contribution in [0, 0.1) is 5.92 Å². The Balaban J connectivity index is 1.64. The molecule has 1 unspecified atom stereocenters. The van der Waals surface area contributed by atoms with Crippen molar-refractivity contribution < 1.29 is 27.9 Å². The standard InChI is InChI=1S/C18H20N2O6S/c21-18(14-5-4-12-25-13-14)20(22)19-27(23,24)17-10-8-16(9-11-17)26-15-6-2-1-3-7-15/h1-3,6-11,14,19,22H,4-5,12-13H2. The van der Waals surface area contributed by atoms with Crippen molar-refractivity contribution in [2.45, 2.75) is 17.7 Å². The second kappa shape index (κ2) is 8.49. The van der Waals surface area contributed by atoms with Crippen molar-refractivity contribution >= 4 is 15.9 Å².